The Morgan fingerprint density at radius 3 is 2.60 bits per heavy atom. The van der Waals surface area contributed by atoms with E-state index in [-0.39, 0.29) is 30.6 Å². The van der Waals surface area contributed by atoms with Gasteiger partial charge in [0.05, 0.1) is 20.1 Å². The third-order valence-electron chi connectivity index (χ3n) is 2.76. The molecule has 0 fully saturated rings. The van der Waals surface area contributed by atoms with Gasteiger partial charge in [0.1, 0.15) is 5.76 Å². The minimum Gasteiger partial charge on any atom is -0.469 e. The van der Waals surface area contributed by atoms with Gasteiger partial charge >= 0.3 is 5.97 Å². The molecule has 1 aromatic heterocycles. The molecule has 0 aromatic carbocycles. The van der Waals surface area contributed by atoms with Crippen LogP contribution in [0.15, 0.2) is 16.5 Å². The number of esters is 1. The Morgan fingerprint density at radius 1 is 1.40 bits per heavy atom. The third-order valence-corrected chi connectivity index (χ3v) is 2.76. The second kappa shape index (κ2) is 7.69. The fraction of sp³-hybridized carbons (Fsp3) is 0.571. The molecular formula is C14H22N2O4. The molecule has 0 saturated carbocycles. The van der Waals surface area contributed by atoms with Crippen molar-refractivity contribution in [2.75, 3.05) is 20.2 Å². The quantitative estimate of drug-likeness (QED) is 0.764. The summed E-state index contributed by atoms with van der Waals surface area (Å²) in [5, 5.41) is 0. The Morgan fingerprint density at radius 2 is 2.10 bits per heavy atom. The van der Waals surface area contributed by atoms with Gasteiger partial charge in [-0.2, -0.15) is 0 Å². The molecule has 112 valence electrons. The minimum absolute atomic E-state index is 0.166. The second-order valence-corrected chi connectivity index (χ2v) is 4.94. The summed E-state index contributed by atoms with van der Waals surface area (Å²) in [7, 11) is 1.33. The van der Waals surface area contributed by atoms with Crippen LogP contribution >= 0.6 is 0 Å². The molecule has 0 bridgehead atoms. The van der Waals surface area contributed by atoms with Gasteiger partial charge in [-0.25, -0.2) is 0 Å². The number of carbonyl (C=O) groups excluding carboxylic acids is 2. The first-order valence-electron chi connectivity index (χ1n) is 6.62. The highest BCUT2D eigenvalue weighted by Crippen LogP contribution is 2.12. The fourth-order valence-electron chi connectivity index (χ4n) is 1.80. The maximum atomic E-state index is 12.3. The topological polar surface area (TPSA) is 85.8 Å². The van der Waals surface area contributed by atoms with Crippen LogP contribution < -0.4 is 5.73 Å². The van der Waals surface area contributed by atoms with Gasteiger partial charge < -0.3 is 19.8 Å². The molecule has 0 unspecified atom stereocenters. The first-order valence-corrected chi connectivity index (χ1v) is 6.62. The highest BCUT2D eigenvalue weighted by molar-refractivity contribution is 5.91. The number of hydrogen-bond acceptors (Lipinski definition) is 5. The van der Waals surface area contributed by atoms with Crippen molar-refractivity contribution in [2.24, 2.45) is 11.7 Å². The SMILES string of the molecule is COC(=O)CCN(CC(C)C)C(=O)c1ccc(CN)o1. The molecule has 1 rings (SSSR count). The van der Waals surface area contributed by atoms with E-state index < -0.39 is 0 Å². The van der Waals surface area contributed by atoms with Gasteiger partial charge in [-0.05, 0) is 18.1 Å². The molecule has 20 heavy (non-hydrogen) atoms. The summed E-state index contributed by atoms with van der Waals surface area (Å²) in [5.41, 5.74) is 5.46. The molecule has 1 amide bonds. The van der Waals surface area contributed by atoms with Crippen molar-refractivity contribution in [3.05, 3.63) is 23.7 Å². The van der Waals surface area contributed by atoms with Crippen LogP contribution in [0, 0.1) is 5.92 Å². The third kappa shape index (κ3) is 4.70. The summed E-state index contributed by atoms with van der Waals surface area (Å²) in [6, 6.07) is 3.29. The number of nitrogens with two attached hydrogens (primary N) is 1. The second-order valence-electron chi connectivity index (χ2n) is 4.94. The predicted molar refractivity (Wildman–Crippen MR) is 74.0 cm³/mol. The molecule has 1 heterocycles. The van der Waals surface area contributed by atoms with Gasteiger partial charge in [0.25, 0.3) is 5.91 Å². The van der Waals surface area contributed by atoms with E-state index in [0.29, 0.717) is 24.8 Å². The van der Waals surface area contributed by atoms with E-state index in [2.05, 4.69) is 4.74 Å². The lowest BCUT2D eigenvalue weighted by Gasteiger charge is -2.23. The first-order chi connectivity index (χ1) is 9.47. The Balaban J connectivity index is 2.75. The zero-order chi connectivity index (χ0) is 15.1. The number of furan rings is 1. The van der Waals surface area contributed by atoms with Crippen molar-refractivity contribution >= 4 is 11.9 Å². The van der Waals surface area contributed by atoms with Gasteiger partial charge in [-0.3, -0.25) is 9.59 Å². The van der Waals surface area contributed by atoms with Crippen LogP contribution in [-0.2, 0) is 16.1 Å². The number of rotatable bonds is 7. The largest absolute Gasteiger partial charge is 0.469 e. The summed E-state index contributed by atoms with van der Waals surface area (Å²) < 4.78 is 9.95. The summed E-state index contributed by atoms with van der Waals surface area (Å²) in [4.78, 5) is 25.2. The smallest absolute Gasteiger partial charge is 0.307 e. The van der Waals surface area contributed by atoms with Crippen molar-refractivity contribution in [1.29, 1.82) is 0 Å². The number of methoxy groups -OCH3 is 1. The summed E-state index contributed by atoms with van der Waals surface area (Å²) >= 11 is 0. The van der Waals surface area contributed by atoms with E-state index in [4.69, 9.17) is 10.2 Å². The normalized spacial score (nSPS) is 10.7. The van der Waals surface area contributed by atoms with E-state index in [1.807, 2.05) is 13.8 Å². The molecule has 0 aliphatic carbocycles. The van der Waals surface area contributed by atoms with E-state index in [0.717, 1.165) is 0 Å². The van der Waals surface area contributed by atoms with Gasteiger partial charge in [0, 0.05) is 13.1 Å². The van der Waals surface area contributed by atoms with E-state index in [1.54, 1.807) is 17.0 Å². The average Bonchev–Trinajstić information content (AvgIpc) is 2.90. The summed E-state index contributed by atoms with van der Waals surface area (Å²) in [5.74, 6) is 0.526. The molecule has 0 atom stereocenters. The molecule has 0 saturated heterocycles. The fourth-order valence-corrected chi connectivity index (χ4v) is 1.80. The summed E-state index contributed by atoms with van der Waals surface area (Å²) in [6.45, 7) is 5.12. The van der Waals surface area contributed by atoms with Crippen molar-refractivity contribution in [3.63, 3.8) is 0 Å². The van der Waals surface area contributed by atoms with Crippen LogP contribution in [0.25, 0.3) is 0 Å². The van der Waals surface area contributed by atoms with Gasteiger partial charge in [-0.15, -0.1) is 0 Å². The average molecular weight is 282 g/mol. The van der Waals surface area contributed by atoms with E-state index in [1.165, 1.54) is 7.11 Å². The molecular weight excluding hydrogens is 260 g/mol. The van der Waals surface area contributed by atoms with Gasteiger partial charge in [0.2, 0.25) is 0 Å². The Bertz CT molecular complexity index is 454. The lowest BCUT2D eigenvalue weighted by molar-refractivity contribution is -0.140. The van der Waals surface area contributed by atoms with Crippen LogP contribution in [0.2, 0.25) is 0 Å². The van der Waals surface area contributed by atoms with Crippen LogP contribution in [0.5, 0.6) is 0 Å². The highest BCUT2D eigenvalue weighted by Gasteiger charge is 2.21. The molecule has 0 radical (unpaired) electrons. The highest BCUT2D eigenvalue weighted by atomic mass is 16.5. The Hall–Kier alpha value is -1.82. The molecule has 6 heteroatoms. The number of ether oxygens (including phenoxy) is 1. The molecule has 6 nitrogen and oxygen atoms in total. The van der Waals surface area contributed by atoms with Gasteiger partial charge in [0.15, 0.2) is 5.76 Å². The Labute approximate surface area is 118 Å². The van der Waals surface area contributed by atoms with Crippen molar-refractivity contribution in [3.8, 4) is 0 Å². The minimum atomic E-state index is -0.339. The van der Waals surface area contributed by atoms with Crippen molar-refractivity contribution in [2.45, 2.75) is 26.8 Å². The zero-order valence-corrected chi connectivity index (χ0v) is 12.2. The number of carbonyl (C=O) groups is 2. The molecule has 0 aliphatic rings. The first kappa shape index (κ1) is 16.2. The van der Waals surface area contributed by atoms with Gasteiger partial charge in [-0.1, -0.05) is 13.8 Å². The maximum Gasteiger partial charge on any atom is 0.307 e. The van der Waals surface area contributed by atoms with Crippen molar-refractivity contribution < 1.29 is 18.7 Å². The standard InChI is InChI=1S/C14H22N2O4/c1-10(2)9-16(7-6-13(17)19-3)14(18)12-5-4-11(8-15)20-12/h4-5,10H,6-9,15H2,1-3H3. The zero-order valence-electron chi connectivity index (χ0n) is 12.2. The summed E-state index contributed by atoms with van der Waals surface area (Å²) in [6.07, 6.45) is 0.166. The van der Waals surface area contributed by atoms with Crippen LogP contribution in [0.4, 0.5) is 0 Å². The Kier molecular flexibility index (Phi) is 6.24. The number of nitrogens with zero attached hydrogens (tertiary/aromatic N) is 1. The van der Waals surface area contributed by atoms with Crippen LogP contribution in [0.1, 0.15) is 36.6 Å². The maximum absolute atomic E-state index is 12.3. The van der Waals surface area contributed by atoms with Crippen LogP contribution in [0.3, 0.4) is 0 Å². The number of hydrogen-bond donors (Lipinski definition) is 1. The molecule has 0 aliphatic heterocycles. The monoisotopic (exact) mass is 282 g/mol. The lowest BCUT2D eigenvalue weighted by Crippen LogP contribution is -2.35. The van der Waals surface area contributed by atoms with E-state index in [9.17, 15) is 9.59 Å². The lowest BCUT2D eigenvalue weighted by atomic mass is 10.2. The molecule has 1 aromatic rings. The van der Waals surface area contributed by atoms with Crippen molar-refractivity contribution in [1.82, 2.24) is 4.90 Å². The molecule has 0 spiro atoms. The number of amides is 1. The predicted octanol–water partition coefficient (Wildman–Crippen LogP) is 1.40. The molecule has 2 N–H and O–H groups in total. The van der Waals surface area contributed by atoms with Crippen LogP contribution in [-0.4, -0.2) is 37.0 Å². The van der Waals surface area contributed by atoms with E-state index >= 15 is 0 Å².